The maximum Gasteiger partial charge on any atom is 0.407 e. The molecule has 0 spiro atoms. The number of rotatable bonds is 3. The lowest BCUT2D eigenvalue weighted by molar-refractivity contribution is 0.146. The Hall–Kier alpha value is -1.22. The Kier molecular flexibility index (Phi) is 3.06. The van der Waals surface area contributed by atoms with Crippen LogP contribution in [0.1, 0.15) is 25.3 Å². The standard InChI is InChI=1S/C12H14ClNO2/c1-2-16-11(15)14-12(7-8-12)9-3-5-10(13)6-4-9/h3-6H,2,7-8H2,1H3,(H,14,15). The number of carbonyl (C=O) groups is 1. The van der Waals surface area contributed by atoms with E-state index < -0.39 is 0 Å². The number of carbonyl (C=O) groups excluding carboxylic acids is 1. The van der Waals surface area contributed by atoms with Gasteiger partial charge < -0.3 is 10.1 Å². The molecule has 0 unspecified atom stereocenters. The summed E-state index contributed by atoms with van der Waals surface area (Å²) in [5.41, 5.74) is 0.863. The van der Waals surface area contributed by atoms with Gasteiger partial charge >= 0.3 is 6.09 Å². The van der Waals surface area contributed by atoms with Crippen molar-refractivity contribution in [3.8, 4) is 0 Å². The fourth-order valence-corrected chi connectivity index (χ4v) is 1.87. The van der Waals surface area contributed by atoms with Gasteiger partial charge in [0.05, 0.1) is 12.1 Å². The zero-order valence-electron chi connectivity index (χ0n) is 9.13. The summed E-state index contributed by atoms with van der Waals surface area (Å²) in [6, 6.07) is 7.57. The number of halogens is 1. The average Bonchev–Trinajstić information content (AvgIpc) is 3.00. The van der Waals surface area contributed by atoms with Gasteiger partial charge in [-0.25, -0.2) is 4.79 Å². The molecule has 1 saturated carbocycles. The van der Waals surface area contributed by atoms with Gasteiger partial charge in [-0.3, -0.25) is 0 Å². The molecule has 1 aliphatic carbocycles. The van der Waals surface area contributed by atoms with E-state index in [1.54, 1.807) is 6.92 Å². The summed E-state index contributed by atoms with van der Waals surface area (Å²) in [6.45, 7) is 2.18. The van der Waals surface area contributed by atoms with Gasteiger partial charge in [0.2, 0.25) is 0 Å². The zero-order valence-corrected chi connectivity index (χ0v) is 9.88. The van der Waals surface area contributed by atoms with E-state index in [4.69, 9.17) is 16.3 Å². The molecular formula is C12H14ClNO2. The van der Waals surface area contributed by atoms with Crippen molar-refractivity contribution >= 4 is 17.7 Å². The molecule has 0 heterocycles. The third-order valence-corrected chi connectivity index (χ3v) is 3.02. The van der Waals surface area contributed by atoms with Crippen LogP contribution in [0.25, 0.3) is 0 Å². The Labute approximate surface area is 99.7 Å². The van der Waals surface area contributed by atoms with E-state index in [0.717, 1.165) is 18.4 Å². The summed E-state index contributed by atoms with van der Waals surface area (Å²) in [5.74, 6) is 0. The molecule has 2 rings (SSSR count). The molecule has 0 aromatic heterocycles. The van der Waals surface area contributed by atoms with Crippen molar-refractivity contribution in [2.24, 2.45) is 0 Å². The normalized spacial score (nSPS) is 16.6. The van der Waals surface area contributed by atoms with Gasteiger partial charge in [-0.2, -0.15) is 0 Å². The van der Waals surface area contributed by atoms with Crippen LogP contribution < -0.4 is 5.32 Å². The lowest BCUT2D eigenvalue weighted by atomic mass is 10.1. The Bertz CT molecular complexity index is 385. The van der Waals surface area contributed by atoms with Crippen LogP contribution in [0.2, 0.25) is 5.02 Å². The molecule has 16 heavy (non-hydrogen) atoms. The SMILES string of the molecule is CCOC(=O)NC1(c2ccc(Cl)cc2)CC1. The minimum atomic E-state index is -0.352. The Balaban J connectivity index is 2.08. The van der Waals surface area contributed by atoms with E-state index in [0.29, 0.717) is 11.6 Å². The van der Waals surface area contributed by atoms with Crippen molar-refractivity contribution in [2.45, 2.75) is 25.3 Å². The van der Waals surface area contributed by atoms with Crippen LogP contribution in [0.3, 0.4) is 0 Å². The van der Waals surface area contributed by atoms with Crippen molar-refractivity contribution in [3.05, 3.63) is 34.9 Å². The Morgan fingerprint density at radius 3 is 2.56 bits per heavy atom. The van der Waals surface area contributed by atoms with Crippen molar-refractivity contribution in [2.75, 3.05) is 6.61 Å². The van der Waals surface area contributed by atoms with E-state index in [-0.39, 0.29) is 11.6 Å². The van der Waals surface area contributed by atoms with Crippen LogP contribution in [0, 0.1) is 0 Å². The number of nitrogens with one attached hydrogen (secondary N) is 1. The average molecular weight is 240 g/mol. The molecule has 1 aliphatic rings. The van der Waals surface area contributed by atoms with Crippen LogP contribution in [0.5, 0.6) is 0 Å². The van der Waals surface area contributed by atoms with Gasteiger partial charge in [0.15, 0.2) is 0 Å². The molecule has 4 heteroatoms. The molecule has 0 atom stereocenters. The van der Waals surface area contributed by atoms with Gasteiger partial charge in [-0.15, -0.1) is 0 Å². The van der Waals surface area contributed by atoms with Gasteiger partial charge in [0.25, 0.3) is 0 Å². The Morgan fingerprint density at radius 1 is 1.44 bits per heavy atom. The van der Waals surface area contributed by atoms with E-state index >= 15 is 0 Å². The highest BCUT2D eigenvalue weighted by Crippen LogP contribution is 2.45. The minimum Gasteiger partial charge on any atom is -0.450 e. The summed E-state index contributed by atoms with van der Waals surface area (Å²) in [7, 11) is 0. The largest absolute Gasteiger partial charge is 0.450 e. The first kappa shape index (κ1) is 11.3. The first-order chi connectivity index (χ1) is 7.66. The first-order valence-electron chi connectivity index (χ1n) is 5.37. The molecule has 1 fully saturated rings. The van der Waals surface area contributed by atoms with E-state index in [1.807, 2.05) is 24.3 Å². The van der Waals surface area contributed by atoms with Gasteiger partial charge in [0, 0.05) is 5.02 Å². The molecule has 1 amide bonds. The fourth-order valence-electron chi connectivity index (χ4n) is 1.74. The Morgan fingerprint density at radius 2 is 2.06 bits per heavy atom. The number of amides is 1. The fraction of sp³-hybridized carbons (Fsp3) is 0.417. The first-order valence-corrected chi connectivity index (χ1v) is 5.75. The highest BCUT2D eigenvalue weighted by molar-refractivity contribution is 6.30. The predicted molar refractivity (Wildman–Crippen MR) is 62.5 cm³/mol. The summed E-state index contributed by atoms with van der Waals surface area (Å²) in [4.78, 5) is 11.4. The summed E-state index contributed by atoms with van der Waals surface area (Å²) in [6.07, 6.45) is 1.55. The molecule has 1 aromatic carbocycles. The molecule has 3 nitrogen and oxygen atoms in total. The second-order valence-electron chi connectivity index (χ2n) is 3.93. The molecular weight excluding hydrogens is 226 g/mol. The molecule has 1 N–H and O–H groups in total. The third kappa shape index (κ3) is 2.30. The quantitative estimate of drug-likeness (QED) is 0.880. The molecule has 0 radical (unpaired) electrons. The molecule has 0 saturated heterocycles. The number of alkyl carbamates (subject to hydrolysis) is 1. The molecule has 0 bridgehead atoms. The van der Waals surface area contributed by atoms with Crippen LogP contribution in [0.15, 0.2) is 24.3 Å². The van der Waals surface area contributed by atoms with Crippen molar-refractivity contribution < 1.29 is 9.53 Å². The van der Waals surface area contributed by atoms with E-state index in [2.05, 4.69) is 5.32 Å². The zero-order chi connectivity index (χ0) is 11.6. The van der Waals surface area contributed by atoms with Crippen LogP contribution in [-0.4, -0.2) is 12.7 Å². The number of hydrogen-bond donors (Lipinski definition) is 1. The van der Waals surface area contributed by atoms with Crippen LogP contribution in [0.4, 0.5) is 4.79 Å². The van der Waals surface area contributed by atoms with Crippen molar-refractivity contribution in [1.29, 1.82) is 0 Å². The van der Waals surface area contributed by atoms with E-state index in [9.17, 15) is 4.79 Å². The molecule has 1 aromatic rings. The number of hydrogen-bond acceptors (Lipinski definition) is 2. The second-order valence-corrected chi connectivity index (χ2v) is 4.37. The topological polar surface area (TPSA) is 38.3 Å². The maximum absolute atomic E-state index is 11.4. The lowest BCUT2D eigenvalue weighted by Crippen LogP contribution is -2.35. The number of ether oxygens (including phenoxy) is 1. The van der Waals surface area contributed by atoms with E-state index in [1.165, 1.54) is 0 Å². The van der Waals surface area contributed by atoms with Crippen molar-refractivity contribution in [3.63, 3.8) is 0 Å². The summed E-state index contributed by atoms with van der Waals surface area (Å²) < 4.78 is 4.89. The van der Waals surface area contributed by atoms with Gasteiger partial charge in [0.1, 0.15) is 0 Å². The van der Waals surface area contributed by atoms with Gasteiger partial charge in [-0.05, 0) is 37.5 Å². The van der Waals surface area contributed by atoms with Gasteiger partial charge in [-0.1, -0.05) is 23.7 Å². The second kappa shape index (κ2) is 4.34. The lowest BCUT2D eigenvalue weighted by Gasteiger charge is -2.17. The monoisotopic (exact) mass is 239 g/mol. The van der Waals surface area contributed by atoms with Crippen molar-refractivity contribution in [1.82, 2.24) is 5.32 Å². The predicted octanol–water partition coefficient (Wildman–Crippen LogP) is 3.08. The van der Waals surface area contributed by atoms with Crippen LogP contribution in [-0.2, 0) is 10.3 Å². The minimum absolute atomic E-state index is 0.225. The summed E-state index contributed by atoms with van der Waals surface area (Å²) in [5, 5.41) is 3.60. The smallest absolute Gasteiger partial charge is 0.407 e. The highest BCUT2D eigenvalue weighted by Gasteiger charge is 2.46. The third-order valence-electron chi connectivity index (χ3n) is 2.76. The maximum atomic E-state index is 11.4. The highest BCUT2D eigenvalue weighted by atomic mass is 35.5. The van der Waals surface area contributed by atoms with Crippen LogP contribution >= 0.6 is 11.6 Å². The molecule has 0 aliphatic heterocycles. The summed E-state index contributed by atoms with van der Waals surface area (Å²) >= 11 is 5.83. The molecule has 86 valence electrons. The number of benzene rings is 1.